The first-order chi connectivity index (χ1) is 11.8. The molecule has 0 saturated heterocycles. The highest BCUT2D eigenvalue weighted by Gasteiger charge is 2.67. The van der Waals surface area contributed by atoms with E-state index in [1.54, 1.807) is 11.1 Å². The van der Waals surface area contributed by atoms with Crippen molar-refractivity contribution < 1.29 is 0 Å². The second kappa shape index (κ2) is 5.93. The van der Waals surface area contributed by atoms with Crippen molar-refractivity contribution in [3.8, 4) is 0 Å². The van der Waals surface area contributed by atoms with Crippen molar-refractivity contribution in [3.05, 3.63) is 58.2 Å². The van der Waals surface area contributed by atoms with Crippen molar-refractivity contribution in [2.45, 2.75) is 67.5 Å². The van der Waals surface area contributed by atoms with E-state index < -0.39 is 7.92 Å². The Morgan fingerprint density at radius 1 is 0.654 bits per heavy atom. The molecule has 1 aromatic rings. The van der Waals surface area contributed by atoms with Crippen LogP contribution in [0.15, 0.2) is 47.0 Å². The fraction of sp³-hybridized carbons (Fsp3) is 0.520. The van der Waals surface area contributed by atoms with E-state index in [0.29, 0.717) is 0 Å². The molecule has 2 aliphatic rings. The van der Waals surface area contributed by atoms with Crippen LogP contribution >= 0.6 is 7.92 Å². The summed E-state index contributed by atoms with van der Waals surface area (Å²) in [6, 6.07) is 8.74. The van der Waals surface area contributed by atoms with Gasteiger partial charge >= 0.3 is 0 Å². The monoisotopic (exact) mass is 366 g/mol. The van der Waals surface area contributed by atoms with Gasteiger partial charge in [0.05, 0.1) is 0 Å². The summed E-state index contributed by atoms with van der Waals surface area (Å²) in [6.45, 7) is 21.7. The molecule has 0 fully saturated rings. The van der Waals surface area contributed by atoms with Gasteiger partial charge in [0.15, 0.2) is 0 Å². The summed E-state index contributed by atoms with van der Waals surface area (Å²) in [4.78, 5) is 0. The first-order valence-electron chi connectivity index (χ1n) is 9.81. The van der Waals surface area contributed by atoms with E-state index in [1.807, 2.05) is 0 Å². The molecule has 3 rings (SSSR count). The Balaban J connectivity index is 2.16. The van der Waals surface area contributed by atoms with E-state index >= 15 is 0 Å². The molecule has 1 heteroatoms. The van der Waals surface area contributed by atoms with Crippen molar-refractivity contribution in [2.24, 2.45) is 16.2 Å². The highest BCUT2D eigenvalue weighted by atomic mass is 31.1. The molecule has 140 valence electrons. The molecule has 0 amide bonds. The minimum atomic E-state index is -0.407. The first-order valence-corrected chi connectivity index (χ1v) is 11.3. The molecule has 1 heterocycles. The molecule has 1 aliphatic carbocycles. The van der Waals surface area contributed by atoms with Crippen molar-refractivity contribution in [1.82, 2.24) is 0 Å². The first kappa shape index (κ1) is 19.6. The van der Waals surface area contributed by atoms with Gasteiger partial charge in [0, 0.05) is 5.16 Å². The summed E-state index contributed by atoms with van der Waals surface area (Å²) in [5.41, 5.74) is 6.71. The largest absolute Gasteiger partial charge is 0.0616 e. The highest BCUT2D eigenvalue weighted by molar-refractivity contribution is 7.67. The molecule has 0 N–H and O–H groups in total. The fourth-order valence-corrected chi connectivity index (χ4v) is 8.23. The van der Waals surface area contributed by atoms with Crippen molar-refractivity contribution >= 4 is 20.1 Å². The Hall–Kier alpha value is -1.13. The standard InChI is InChI=1S/C25H35P/c1-22(2,3)20-21(23(4,5)6)25(20,24(7,8)9)26-16-14-18-12-10-11-13-19(18)15-17-26/h10-17H,1-9H3. The van der Waals surface area contributed by atoms with Gasteiger partial charge < -0.3 is 0 Å². The lowest BCUT2D eigenvalue weighted by atomic mass is 9.77. The zero-order valence-corrected chi connectivity index (χ0v) is 19.0. The van der Waals surface area contributed by atoms with E-state index in [1.165, 1.54) is 11.1 Å². The molecular weight excluding hydrogens is 331 g/mol. The molecule has 1 aliphatic heterocycles. The zero-order chi connectivity index (χ0) is 19.5. The Morgan fingerprint density at radius 2 is 1.04 bits per heavy atom. The van der Waals surface area contributed by atoms with Crippen LogP contribution in [0.4, 0.5) is 0 Å². The molecule has 26 heavy (non-hydrogen) atoms. The van der Waals surface area contributed by atoms with Gasteiger partial charge in [-0.25, -0.2) is 0 Å². The van der Waals surface area contributed by atoms with Gasteiger partial charge in [0.1, 0.15) is 0 Å². The predicted molar refractivity (Wildman–Crippen MR) is 120 cm³/mol. The Morgan fingerprint density at radius 3 is 1.35 bits per heavy atom. The molecular formula is C25H35P. The van der Waals surface area contributed by atoms with Crippen LogP contribution in [-0.4, -0.2) is 5.16 Å². The third kappa shape index (κ3) is 2.95. The van der Waals surface area contributed by atoms with E-state index in [2.05, 4.69) is 110 Å². The quantitative estimate of drug-likeness (QED) is 0.346. The zero-order valence-electron chi connectivity index (χ0n) is 18.1. The predicted octanol–water partition coefficient (Wildman–Crippen LogP) is 8.31. The average molecular weight is 367 g/mol. The minimum absolute atomic E-state index is 0.188. The molecule has 0 radical (unpaired) electrons. The lowest BCUT2D eigenvalue weighted by molar-refractivity contribution is 0.340. The van der Waals surface area contributed by atoms with Gasteiger partial charge in [-0.15, -0.1) is 0 Å². The van der Waals surface area contributed by atoms with Crippen molar-refractivity contribution in [2.75, 3.05) is 0 Å². The van der Waals surface area contributed by atoms with Crippen LogP contribution in [0.2, 0.25) is 0 Å². The minimum Gasteiger partial charge on any atom is -0.0616 e. The van der Waals surface area contributed by atoms with Gasteiger partial charge in [-0.05, 0) is 46.4 Å². The second-order valence-corrected chi connectivity index (χ2v) is 13.0. The molecule has 0 saturated carbocycles. The lowest BCUT2D eigenvalue weighted by Crippen LogP contribution is -2.35. The summed E-state index contributed by atoms with van der Waals surface area (Å²) >= 11 is 0. The summed E-state index contributed by atoms with van der Waals surface area (Å²) in [5, 5.41) is 0.188. The van der Waals surface area contributed by atoms with E-state index in [4.69, 9.17) is 0 Å². The molecule has 0 spiro atoms. The number of allylic oxidation sites excluding steroid dienone is 2. The van der Waals surface area contributed by atoms with Gasteiger partial charge in [0.2, 0.25) is 0 Å². The molecule has 0 atom stereocenters. The van der Waals surface area contributed by atoms with E-state index in [9.17, 15) is 0 Å². The Kier molecular flexibility index (Phi) is 4.48. The summed E-state index contributed by atoms with van der Waals surface area (Å²) < 4.78 is 0. The third-order valence-electron chi connectivity index (χ3n) is 5.71. The van der Waals surface area contributed by atoms with Crippen LogP contribution in [0.5, 0.6) is 0 Å². The van der Waals surface area contributed by atoms with Crippen LogP contribution in [-0.2, 0) is 0 Å². The Labute approximate surface area is 162 Å². The smallest absolute Gasteiger partial charge is 0.0456 e. The third-order valence-corrected chi connectivity index (χ3v) is 8.54. The summed E-state index contributed by atoms with van der Waals surface area (Å²) in [7, 11) is -0.407. The average Bonchev–Trinajstić information content (AvgIpc) is 3.22. The van der Waals surface area contributed by atoms with Gasteiger partial charge in [0.25, 0.3) is 0 Å². The maximum atomic E-state index is 2.52. The van der Waals surface area contributed by atoms with Gasteiger partial charge in [-0.3, -0.25) is 0 Å². The van der Waals surface area contributed by atoms with Crippen LogP contribution in [0.25, 0.3) is 12.2 Å². The molecule has 0 aromatic heterocycles. The van der Waals surface area contributed by atoms with E-state index in [0.717, 1.165) is 0 Å². The van der Waals surface area contributed by atoms with Gasteiger partial charge in [-0.1, -0.05) is 110 Å². The van der Waals surface area contributed by atoms with Crippen LogP contribution in [0, 0.1) is 16.2 Å². The number of benzene rings is 1. The summed E-state index contributed by atoms with van der Waals surface area (Å²) in [5.74, 6) is 5.04. The lowest BCUT2D eigenvalue weighted by Gasteiger charge is -2.43. The highest BCUT2D eigenvalue weighted by Crippen LogP contribution is 2.81. The number of hydrogen-bond acceptors (Lipinski definition) is 0. The number of fused-ring (bicyclic) bond motifs is 1. The SMILES string of the molecule is CC(C)(C)C1=C(C(C)(C)C)C1(P1C=Cc2ccccc2C=C1)C(C)(C)C. The van der Waals surface area contributed by atoms with Crippen LogP contribution < -0.4 is 0 Å². The molecule has 0 bridgehead atoms. The molecule has 0 unspecified atom stereocenters. The molecule has 0 nitrogen and oxygen atoms in total. The maximum Gasteiger partial charge on any atom is 0.0456 e. The number of hydrogen-bond donors (Lipinski definition) is 0. The summed E-state index contributed by atoms with van der Waals surface area (Å²) in [6.07, 6.45) is 4.74. The van der Waals surface area contributed by atoms with Crippen molar-refractivity contribution in [1.29, 1.82) is 0 Å². The van der Waals surface area contributed by atoms with Crippen LogP contribution in [0.1, 0.15) is 73.4 Å². The molecule has 1 aromatic carbocycles. The van der Waals surface area contributed by atoms with Crippen molar-refractivity contribution in [3.63, 3.8) is 0 Å². The fourth-order valence-electron chi connectivity index (χ4n) is 4.91. The normalized spacial score (nSPS) is 20.2. The Bertz CT molecular complexity index is 741. The second-order valence-electron chi connectivity index (χ2n) is 10.9. The maximum absolute atomic E-state index is 2.52. The van der Waals surface area contributed by atoms with E-state index in [-0.39, 0.29) is 21.4 Å². The topological polar surface area (TPSA) is 0 Å². The number of rotatable bonds is 1. The van der Waals surface area contributed by atoms with Crippen LogP contribution in [0.3, 0.4) is 0 Å². The van der Waals surface area contributed by atoms with Gasteiger partial charge in [-0.2, -0.15) is 0 Å².